The fraction of sp³-hybridized carbons (Fsp3) is 0.227. The highest BCUT2D eigenvalue weighted by atomic mass is 32.2. The Labute approximate surface area is 183 Å². The van der Waals surface area contributed by atoms with Crippen LogP contribution in [-0.4, -0.2) is 26.4 Å². The molecule has 1 aromatic heterocycles. The number of nitrogens with one attached hydrogen (secondary N) is 1. The summed E-state index contributed by atoms with van der Waals surface area (Å²) in [4.78, 5) is 12.2. The van der Waals surface area contributed by atoms with Gasteiger partial charge in [-0.2, -0.15) is 0 Å². The molecule has 3 rings (SSSR count). The summed E-state index contributed by atoms with van der Waals surface area (Å²) in [6.45, 7) is 8.40. The van der Waals surface area contributed by atoms with Gasteiger partial charge in [-0.3, -0.25) is 9.36 Å². The Bertz CT molecular complexity index is 1100. The Balaban J connectivity index is 1.64. The van der Waals surface area contributed by atoms with Crippen LogP contribution in [0.2, 0.25) is 0 Å². The van der Waals surface area contributed by atoms with Crippen molar-refractivity contribution in [3.05, 3.63) is 77.6 Å². The average Bonchev–Trinajstić information content (AvgIpc) is 3.11. The number of halogens is 2. The average molecular weight is 445 g/mol. The van der Waals surface area contributed by atoms with Gasteiger partial charge in [0.05, 0.1) is 11.4 Å². The van der Waals surface area contributed by atoms with Crippen molar-refractivity contribution in [2.24, 2.45) is 0 Å². The minimum atomic E-state index is -0.834. The van der Waals surface area contributed by atoms with Gasteiger partial charge in [0.25, 0.3) is 0 Å². The fourth-order valence-corrected chi connectivity index (χ4v) is 3.54. The first-order valence-corrected chi connectivity index (χ1v) is 10.5. The van der Waals surface area contributed by atoms with Crippen molar-refractivity contribution >= 4 is 23.4 Å². The van der Waals surface area contributed by atoms with Crippen molar-refractivity contribution in [1.29, 1.82) is 0 Å². The Morgan fingerprint density at radius 2 is 2.06 bits per heavy atom. The molecule has 0 unspecified atom stereocenters. The number of hydrogen-bond donors (Lipinski definition) is 1. The van der Waals surface area contributed by atoms with E-state index in [0.717, 1.165) is 34.7 Å². The summed E-state index contributed by atoms with van der Waals surface area (Å²) >= 11 is 1.15. The van der Waals surface area contributed by atoms with E-state index >= 15 is 0 Å². The molecule has 3 aromatic rings. The Kier molecular flexibility index (Phi) is 7.41. The molecule has 0 bridgehead atoms. The van der Waals surface area contributed by atoms with Crippen LogP contribution in [-0.2, 0) is 17.9 Å². The molecule has 162 valence electrons. The van der Waals surface area contributed by atoms with Gasteiger partial charge in [0.1, 0.15) is 24.0 Å². The summed E-state index contributed by atoms with van der Waals surface area (Å²) in [6.07, 6.45) is 1.70. The maximum Gasteiger partial charge on any atom is 0.234 e. The number of carbonyl (C=O) groups is 1. The number of amides is 1. The lowest BCUT2D eigenvalue weighted by Gasteiger charge is -2.12. The number of benzene rings is 2. The Hall–Kier alpha value is -3.20. The lowest BCUT2D eigenvalue weighted by atomic mass is 10.1. The quantitative estimate of drug-likeness (QED) is 0.384. The van der Waals surface area contributed by atoms with E-state index in [1.807, 2.05) is 32.0 Å². The molecule has 1 N–H and O–H groups in total. The third kappa shape index (κ3) is 5.69. The van der Waals surface area contributed by atoms with Gasteiger partial charge in [-0.1, -0.05) is 30.0 Å². The van der Waals surface area contributed by atoms with Gasteiger partial charge in [0.2, 0.25) is 5.91 Å². The molecule has 2 aromatic carbocycles. The molecule has 31 heavy (non-hydrogen) atoms. The normalized spacial score (nSPS) is 10.7. The third-order valence-electron chi connectivity index (χ3n) is 4.55. The summed E-state index contributed by atoms with van der Waals surface area (Å²) in [7, 11) is 0. The number of aromatic nitrogens is 3. The first-order valence-electron chi connectivity index (χ1n) is 9.48. The van der Waals surface area contributed by atoms with E-state index in [2.05, 4.69) is 22.1 Å². The van der Waals surface area contributed by atoms with E-state index in [4.69, 9.17) is 4.74 Å². The molecule has 0 aliphatic carbocycles. The molecule has 0 spiro atoms. The van der Waals surface area contributed by atoms with Crippen LogP contribution in [0.5, 0.6) is 5.75 Å². The number of thioether (sulfide) groups is 1. The van der Waals surface area contributed by atoms with Gasteiger partial charge < -0.3 is 10.1 Å². The lowest BCUT2D eigenvalue weighted by molar-refractivity contribution is -0.113. The molecular weight excluding hydrogens is 422 g/mol. The number of anilines is 1. The van der Waals surface area contributed by atoms with Crippen molar-refractivity contribution in [3.63, 3.8) is 0 Å². The maximum absolute atomic E-state index is 13.7. The maximum atomic E-state index is 13.7. The van der Waals surface area contributed by atoms with Crippen molar-refractivity contribution in [2.45, 2.75) is 32.2 Å². The molecule has 9 heteroatoms. The van der Waals surface area contributed by atoms with Crippen LogP contribution in [0.25, 0.3) is 0 Å². The summed E-state index contributed by atoms with van der Waals surface area (Å²) in [6, 6.07) is 8.80. The van der Waals surface area contributed by atoms with Crippen molar-refractivity contribution in [2.75, 3.05) is 11.1 Å². The van der Waals surface area contributed by atoms with Crippen molar-refractivity contribution in [1.82, 2.24) is 14.8 Å². The zero-order valence-electron chi connectivity index (χ0n) is 17.2. The molecule has 1 heterocycles. The highest BCUT2D eigenvalue weighted by molar-refractivity contribution is 7.99. The Morgan fingerprint density at radius 1 is 1.26 bits per heavy atom. The third-order valence-corrected chi connectivity index (χ3v) is 5.52. The van der Waals surface area contributed by atoms with Gasteiger partial charge in [0.15, 0.2) is 11.0 Å². The second-order valence-corrected chi connectivity index (χ2v) is 7.69. The number of aryl methyl sites for hydroxylation is 1. The first-order chi connectivity index (χ1) is 14.9. The van der Waals surface area contributed by atoms with Crippen molar-refractivity contribution in [3.8, 4) is 5.75 Å². The van der Waals surface area contributed by atoms with Gasteiger partial charge in [-0.15, -0.1) is 16.8 Å². The molecule has 0 saturated carbocycles. The largest absolute Gasteiger partial charge is 0.485 e. The standard InChI is InChI=1S/C22H22F2N4O2S/c1-4-10-28-20(12-30-19-7-5-6-14(2)15(19)3)26-27-22(28)31-13-21(29)25-18-9-8-16(23)11-17(18)24/h4-9,11H,1,10,12-13H2,2-3H3,(H,25,29). The highest BCUT2D eigenvalue weighted by Crippen LogP contribution is 2.23. The summed E-state index contributed by atoms with van der Waals surface area (Å²) < 4.78 is 34.4. The minimum absolute atomic E-state index is 0.0239. The van der Waals surface area contributed by atoms with E-state index < -0.39 is 17.5 Å². The number of hydrogen-bond acceptors (Lipinski definition) is 5. The number of rotatable bonds is 9. The minimum Gasteiger partial charge on any atom is -0.485 e. The molecule has 0 fully saturated rings. The van der Waals surface area contributed by atoms with E-state index in [-0.39, 0.29) is 18.0 Å². The van der Waals surface area contributed by atoms with E-state index in [1.165, 1.54) is 6.07 Å². The van der Waals surface area contributed by atoms with Crippen molar-refractivity contribution < 1.29 is 18.3 Å². The molecule has 1 amide bonds. The molecule has 0 aliphatic rings. The number of allylic oxidation sites excluding steroid dienone is 1. The molecule has 0 aliphatic heterocycles. The predicted molar refractivity (Wildman–Crippen MR) is 116 cm³/mol. The summed E-state index contributed by atoms with van der Waals surface area (Å²) in [5, 5.41) is 11.2. The molecule has 0 radical (unpaired) electrons. The molecular formula is C22H22F2N4O2S. The summed E-state index contributed by atoms with van der Waals surface area (Å²) in [5.41, 5.74) is 2.10. The van der Waals surface area contributed by atoms with Crippen LogP contribution in [0.4, 0.5) is 14.5 Å². The fourth-order valence-electron chi connectivity index (χ4n) is 2.78. The SMILES string of the molecule is C=CCn1c(COc2cccc(C)c2C)nnc1SCC(=O)Nc1ccc(F)cc1F. The monoisotopic (exact) mass is 444 g/mol. The van der Waals surface area contributed by atoms with Gasteiger partial charge in [-0.25, -0.2) is 8.78 Å². The van der Waals surface area contributed by atoms with E-state index in [9.17, 15) is 13.6 Å². The van der Waals surface area contributed by atoms with Gasteiger partial charge in [-0.05, 0) is 43.2 Å². The van der Waals surface area contributed by atoms with Gasteiger partial charge >= 0.3 is 0 Å². The smallest absolute Gasteiger partial charge is 0.234 e. The Morgan fingerprint density at radius 3 is 2.81 bits per heavy atom. The molecule has 0 saturated heterocycles. The number of ether oxygens (including phenoxy) is 1. The second-order valence-electron chi connectivity index (χ2n) is 6.75. The van der Waals surface area contributed by atoms with Crippen LogP contribution in [0.1, 0.15) is 17.0 Å². The van der Waals surface area contributed by atoms with Crippen LogP contribution < -0.4 is 10.1 Å². The van der Waals surface area contributed by atoms with Crippen LogP contribution in [0, 0.1) is 25.5 Å². The highest BCUT2D eigenvalue weighted by Gasteiger charge is 2.15. The zero-order valence-corrected chi connectivity index (χ0v) is 18.0. The predicted octanol–water partition coefficient (Wildman–Crippen LogP) is 4.67. The van der Waals surface area contributed by atoms with Crippen LogP contribution in [0.3, 0.4) is 0 Å². The number of carbonyl (C=O) groups excluding carboxylic acids is 1. The number of nitrogens with zero attached hydrogens (tertiary/aromatic N) is 3. The van der Waals surface area contributed by atoms with Gasteiger partial charge in [0, 0.05) is 12.6 Å². The second kappa shape index (κ2) is 10.2. The first kappa shape index (κ1) is 22.5. The van der Waals surface area contributed by atoms with Crippen LogP contribution >= 0.6 is 11.8 Å². The molecule has 6 nitrogen and oxygen atoms in total. The molecule has 0 atom stereocenters. The van der Waals surface area contributed by atoms with E-state index in [0.29, 0.717) is 23.6 Å². The zero-order chi connectivity index (χ0) is 22.4. The van der Waals surface area contributed by atoms with E-state index in [1.54, 1.807) is 10.6 Å². The van der Waals surface area contributed by atoms with Crippen LogP contribution in [0.15, 0.2) is 54.2 Å². The summed E-state index contributed by atoms with van der Waals surface area (Å²) in [5.74, 6) is -0.658. The lowest BCUT2D eigenvalue weighted by Crippen LogP contribution is -2.16. The topological polar surface area (TPSA) is 69.0 Å².